The predicted molar refractivity (Wildman–Crippen MR) is 127 cm³/mol. The topological polar surface area (TPSA) is 32.9 Å². The summed E-state index contributed by atoms with van der Waals surface area (Å²) in [6.07, 6.45) is 3.94. The molecule has 0 N–H and O–H groups in total. The Kier molecular flexibility index (Phi) is 5.27. The molecule has 0 atom stereocenters. The molecule has 2 heterocycles. The van der Waals surface area contributed by atoms with Crippen molar-refractivity contribution < 1.29 is 0 Å². The molecule has 0 saturated heterocycles. The van der Waals surface area contributed by atoms with Gasteiger partial charge in [-0.2, -0.15) is 5.10 Å². The summed E-state index contributed by atoms with van der Waals surface area (Å²) in [5, 5.41) is 6.94. The van der Waals surface area contributed by atoms with Crippen LogP contribution in [0.15, 0.2) is 120 Å². The second-order valence-electron chi connectivity index (χ2n) is 7.26. The van der Waals surface area contributed by atoms with Gasteiger partial charge in [-0.05, 0) is 29.8 Å². The number of fused-ring (bicyclic) bond motifs is 1. The molecule has 5 rings (SSSR count). The summed E-state index contributed by atoms with van der Waals surface area (Å²) in [7, 11) is 0. The Labute approximate surface area is 181 Å². The van der Waals surface area contributed by atoms with Gasteiger partial charge in [-0.25, -0.2) is 4.98 Å². The van der Waals surface area contributed by atoms with Gasteiger partial charge in [-0.15, -0.1) is 0 Å². The van der Waals surface area contributed by atoms with Crippen molar-refractivity contribution in [1.29, 1.82) is 0 Å². The van der Waals surface area contributed by atoms with Crippen LogP contribution >= 0.6 is 0 Å². The van der Waals surface area contributed by atoms with Gasteiger partial charge in [-0.1, -0.05) is 84.9 Å². The van der Waals surface area contributed by atoms with Crippen molar-refractivity contribution in [2.45, 2.75) is 6.54 Å². The van der Waals surface area contributed by atoms with Crippen LogP contribution in [0, 0.1) is 0 Å². The van der Waals surface area contributed by atoms with Gasteiger partial charge < -0.3 is 0 Å². The first-order valence-corrected chi connectivity index (χ1v) is 10.3. The van der Waals surface area contributed by atoms with Crippen molar-refractivity contribution in [1.82, 2.24) is 9.38 Å². The minimum absolute atomic E-state index is 0.679. The number of hydrazone groups is 1. The van der Waals surface area contributed by atoms with Crippen molar-refractivity contribution in [3.63, 3.8) is 0 Å². The maximum absolute atomic E-state index is 4.92. The Hall–Kier alpha value is -4.18. The highest BCUT2D eigenvalue weighted by molar-refractivity contribution is 5.89. The van der Waals surface area contributed by atoms with E-state index in [9.17, 15) is 0 Å². The van der Waals surface area contributed by atoms with Crippen molar-refractivity contribution in [3.8, 4) is 11.3 Å². The molecule has 3 aromatic carbocycles. The molecule has 0 aliphatic carbocycles. The first-order valence-electron chi connectivity index (χ1n) is 10.3. The molecule has 2 aromatic heterocycles. The van der Waals surface area contributed by atoms with Crippen molar-refractivity contribution in [2.24, 2.45) is 5.10 Å². The lowest BCUT2D eigenvalue weighted by molar-refractivity contribution is 0.857. The van der Waals surface area contributed by atoms with E-state index in [0.29, 0.717) is 6.54 Å². The summed E-state index contributed by atoms with van der Waals surface area (Å²) in [6, 6.07) is 36.9. The fourth-order valence-electron chi connectivity index (χ4n) is 3.63. The molecule has 0 saturated carbocycles. The van der Waals surface area contributed by atoms with Crippen LogP contribution in [-0.2, 0) is 6.54 Å². The molecule has 4 heteroatoms. The van der Waals surface area contributed by atoms with Crippen LogP contribution in [0.25, 0.3) is 16.9 Å². The summed E-state index contributed by atoms with van der Waals surface area (Å²) < 4.78 is 2.08. The number of anilines is 1. The first kappa shape index (κ1) is 18.8. The summed E-state index contributed by atoms with van der Waals surface area (Å²) >= 11 is 0. The monoisotopic (exact) mass is 402 g/mol. The van der Waals surface area contributed by atoms with Gasteiger partial charge in [0.1, 0.15) is 5.65 Å². The number of benzene rings is 3. The molecule has 150 valence electrons. The van der Waals surface area contributed by atoms with Crippen molar-refractivity contribution in [3.05, 3.63) is 127 Å². The summed E-state index contributed by atoms with van der Waals surface area (Å²) in [4.78, 5) is 4.87. The van der Waals surface area contributed by atoms with Crippen LogP contribution in [0.2, 0.25) is 0 Å². The molecule has 0 aliphatic rings. The normalized spacial score (nSPS) is 11.2. The molecular formula is C27H22N4. The number of imidazole rings is 1. The fourth-order valence-corrected chi connectivity index (χ4v) is 3.63. The Morgan fingerprint density at radius 1 is 0.742 bits per heavy atom. The van der Waals surface area contributed by atoms with E-state index < -0.39 is 0 Å². The molecule has 31 heavy (non-hydrogen) atoms. The first-order chi connectivity index (χ1) is 15.4. The zero-order valence-electron chi connectivity index (χ0n) is 17.0. The highest BCUT2D eigenvalue weighted by Crippen LogP contribution is 2.24. The Morgan fingerprint density at radius 2 is 1.39 bits per heavy atom. The maximum atomic E-state index is 4.92. The minimum atomic E-state index is 0.679. The van der Waals surface area contributed by atoms with E-state index in [1.54, 1.807) is 0 Å². The zero-order valence-corrected chi connectivity index (χ0v) is 17.0. The quantitative estimate of drug-likeness (QED) is 0.256. The fraction of sp³-hybridized carbons (Fsp3) is 0.0370. The summed E-state index contributed by atoms with van der Waals surface area (Å²) in [5.74, 6) is 0. The average molecular weight is 403 g/mol. The zero-order chi connectivity index (χ0) is 20.9. The molecule has 0 radical (unpaired) electrons. The number of nitrogens with zero attached hydrogens (tertiary/aromatic N) is 4. The minimum Gasteiger partial charge on any atom is -0.298 e. The molecule has 0 bridgehead atoms. The molecule has 0 spiro atoms. The SMILES string of the molecule is C(=N\N(Cc1ccccc1)c1ccccc1)/c1c(-c2ccccc2)nc2ccccn12. The number of pyridine rings is 1. The average Bonchev–Trinajstić information content (AvgIpc) is 3.22. The van der Waals surface area contributed by atoms with Gasteiger partial charge in [0.05, 0.1) is 29.8 Å². The Balaban J connectivity index is 1.58. The van der Waals surface area contributed by atoms with Gasteiger partial charge in [0.2, 0.25) is 0 Å². The lowest BCUT2D eigenvalue weighted by Crippen LogP contribution is -2.16. The van der Waals surface area contributed by atoms with Crippen LogP contribution in [0.4, 0.5) is 5.69 Å². The van der Waals surface area contributed by atoms with E-state index >= 15 is 0 Å². The lowest BCUT2D eigenvalue weighted by atomic mass is 10.1. The van der Waals surface area contributed by atoms with Crippen LogP contribution in [0.3, 0.4) is 0 Å². The summed E-state index contributed by atoms with van der Waals surface area (Å²) in [6.45, 7) is 0.679. The number of aromatic nitrogens is 2. The smallest absolute Gasteiger partial charge is 0.137 e. The van der Waals surface area contributed by atoms with Crippen LogP contribution in [-0.4, -0.2) is 15.6 Å². The molecule has 0 amide bonds. The molecule has 5 aromatic rings. The molecule has 0 fully saturated rings. The highest BCUT2D eigenvalue weighted by atomic mass is 15.4. The second-order valence-corrected chi connectivity index (χ2v) is 7.26. The van der Waals surface area contributed by atoms with Crippen LogP contribution in [0.5, 0.6) is 0 Å². The number of hydrogen-bond acceptors (Lipinski definition) is 3. The van der Waals surface area contributed by atoms with E-state index in [1.807, 2.05) is 78.1 Å². The van der Waals surface area contributed by atoms with E-state index in [4.69, 9.17) is 10.1 Å². The largest absolute Gasteiger partial charge is 0.298 e. The number of para-hydroxylation sites is 1. The molecule has 0 aliphatic heterocycles. The van der Waals surface area contributed by atoms with Gasteiger partial charge in [0.15, 0.2) is 0 Å². The van der Waals surface area contributed by atoms with Gasteiger partial charge in [-0.3, -0.25) is 9.41 Å². The van der Waals surface area contributed by atoms with E-state index in [-0.39, 0.29) is 0 Å². The second kappa shape index (κ2) is 8.67. The van der Waals surface area contributed by atoms with Gasteiger partial charge in [0.25, 0.3) is 0 Å². The van der Waals surface area contributed by atoms with Crippen LogP contribution < -0.4 is 5.01 Å². The molecule has 0 unspecified atom stereocenters. The van der Waals surface area contributed by atoms with E-state index in [0.717, 1.165) is 28.3 Å². The highest BCUT2D eigenvalue weighted by Gasteiger charge is 2.13. The van der Waals surface area contributed by atoms with Gasteiger partial charge in [0, 0.05) is 11.8 Å². The van der Waals surface area contributed by atoms with E-state index in [2.05, 4.69) is 52.9 Å². The molecular weight excluding hydrogens is 380 g/mol. The molecule has 4 nitrogen and oxygen atoms in total. The van der Waals surface area contributed by atoms with Crippen molar-refractivity contribution >= 4 is 17.5 Å². The van der Waals surface area contributed by atoms with Crippen molar-refractivity contribution in [2.75, 3.05) is 5.01 Å². The maximum Gasteiger partial charge on any atom is 0.137 e. The third-order valence-electron chi connectivity index (χ3n) is 5.16. The lowest BCUT2D eigenvalue weighted by Gasteiger charge is -2.19. The Morgan fingerprint density at radius 3 is 2.13 bits per heavy atom. The standard InChI is InChI=1S/C27H22N4/c1-4-12-22(13-5-1)21-31(24-16-8-3-9-17-24)28-20-25-27(23-14-6-2-7-15-23)29-26-18-10-11-19-30(25)26/h1-20H,21H2/b28-20+. The van der Waals surface area contributed by atoms with Gasteiger partial charge >= 0.3 is 0 Å². The summed E-state index contributed by atoms with van der Waals surface area (Å²) in [5.41, 5.74) is 6.08. The third-order valence-corrected chi connectivity index (χ3v) is 5.16. The van der Waals surface area contributed by atoms with E-state index in [1.165, 1.54) is 5.56 Å². The number of hydrogen-bond donors (Lipinski definition) is 0. The van der Waals surface area contributed by atoms with Crippen LogP contribution in [0.1, 0.15) is 11.3 Å². The number of rotatable bonds is 6. The third kappa shape index (κ3) is 4.09. The predicted octanol–water partition coefficient (Wildman–Crippen LogP) is 6.04. The Bertz CT molecular complexity index is 1290.